The predicted molar refractivity (Wildman–Crippen MR) is 81.3 cm³/mol. The molecule has 0 fully saturated rings. The van der Waals surface area contributed by atoms with Gasteiger partial charge in [0.05, 0.1) is 5.56 Å². The van der Waals surface area contributed by atoms with Crippen molar-refractivity contribution < 1.29 is 0 Å². The molecule has 0 amide bonds. The first kappa shape index (κ1) is 13.4. The average Bonchev–Trinajstić information content (AvgIpc) is 2.46. The fraction of sp³-hybridized carbons (Fsp3) is 0.214. The molecule has 0 bridgehead atoms. The topological polar surface area (TPSA) is 55.0 Å². The van der Waals surface area contributed by atoms with E-state index in [9.17, 15) is 0 Å². The van der Waals surface area contributed by atoms with E-state index in [1.165, 1.54) is 0 Å². The number of hydrogen-bond acceptors (Lipinski definition) is 4. The van der Waals surface area contributed by atoms with Crippen LogP contribution < -0.4 is 10.6 Å². The third-order valence-corrected chi connectivity index (χ3v) is 3.06. The quantitative estimate of drug-likeness (QED) is 0.841. The molecule has 4 nitrogen and oxygen atoms in total. The zero-order valence-corrected chi connectivity index (χ0v) is 11.6. The van der Waals surface area contributed by atoms with E-state index in [2.05, 4.69) is 9.97 Å². The predicted octanol–water partition coefficient (Wildman–Crippen LogP) is 1.79. The number of hydrogen-bond donors (Lipinski definition) is 1. The highest BCUT2D eigenvalue weighted by Crippen LogP contribution is 2.15. The van der Waals surface area contributed by atoms with Crippen LogP contribution in [0.2, 0.25) is 0 Å². The average molecular weight is 272 g/mol. The number of pyridine rings is 2. The van der Waals surface area contributed by atoms with Gasteiger partial charge in [0.2, 0.25) is 0 Å². The van der Waals surface area contributed by atoms with Crippen molar-refractivity contribution in [1.29, 1.82) is 0 Å². The Labute approximate surface area is 118 Å². The van der Waals surface area contributed by atoms with E-state index in [1.54, 1.807) is 12.4 Å². The van der Waals surface area contributed by atoms with Gasteiger partial charge in [-0.1, -0.05) is 18.3 Å². The minimum Gasteiger partial charge on any atom is -0.389 e. The molecule has 0 aliphatic rings. The largest absolute Gasteiger partial charge is 0.389 e. The van der Waals surface area contributed by atoms with Gasteiger partial charge in [0.1, 0.15) is 10.8 Å². The van der Waals surface area contributed by atoms with Crippen molar-refractivity contribution in [2.75, 3.05) is 18.5 Å². The second kappa shape index (κ2) is 6.24. The molecule has 5 heteroatoms. The minimum absolute atomic E-state index is 0.368. The number of nitrogens with two attached hydrogens (primary N) is 1. The third kappa shape index (κ3) is 3.48. The fourth-order valence-electron chi connectivity index (χ4n) is 1.83. The molecule has 98 valence electrons. The summed E-state index contributed by atoms with van der Waals surface area (Å²) in [6, 6.07) is 9.65. The van der Waals surface area contributed by atoms with Crippen LogP contribution >= 0.6 is 12.2 Å². The molecule has 2 N–H and O–H groups in total. The fourth-order valence-corrected chi connectivity index (χ4v) is 1.99. The van der Waals surface area contributed by atoms with E-state index in [0.717, 1.165) is 30.0 Å². The first-order chi connectivity index (χ1) is 9.18. The summed E-state index contributed by atoms with van der Waals surface area (Å²) < 4.78 is 0. The van der Waals surface area contributed by atoms with Gasteiger partial charge >= 0.3 is 0 Å². The van der Waals surface area contributed by atoms with Crippen molar-refractivity contribution >= 4 is 23.0 Å². The van der Waals surface area contributed by atoms with Gasteiger partial charge in [-0.15, -0.1) is 0 Å². The lowest BCUT2D eigenvalue weighted by atomic mass is 10.2. The molecule has 0 saturated carbocycles. The van der Waals surface area contributed by atoms with Gasteiger partial charge in [0, 0.05) is 38.1 Å². The summed E-state index contributed by atoms with van der Waals surface area (Å²) in [6.07, 6.45) is 4.40. The standard InChI is InChI=1S/C14H16N4S/c1-18(10-7-11-5-2-3-8-16-11)14-12(13(15)19)6-4-9-17-14/h2-6,8-9H,7,10H2,1H3,(H2,15,19). The van der Waals surface area contributed by atoms with Crippen molar-refractivity contribution in [1.82, 2.24) is 9.97 Å². The molecule has 2 rings (SSSR count). The molecule has 0 radical (unpaired) electrons. The van der Waals surface area contributed by atoms with E-state index in [0.29, 0.717) is 4.99 Å². The summed E-state index contributed by atoms with van der Waals surface area (Å²) in [6.45, 7) is 0.809. The molecule has 0 aromatic carbocycles. The Kier molecular flexibility index (Phi) is 4.41. The molecular formula is C14H16N4S. The van der Waals surface area contributed by atoms with Crippen LogP contribution in [0.1, 0.15) is 11.3 Å². The molecule has 2 aromatic rings. The van der Waals surface area contributed by atoms with Gasteiger partial charge < -0.3 is 10.6 Å². The maximum absolute atomic E-state index is 5.71. The maximum Gasteiger partial charge on any atom is 0.138 e. The summed E-state index contributed by atoms with van der Waals surface area (Å²) in [5.41, 5.74) is 7.58. The second-order valence-corrected chi connectivity index (χ2v) is 4.67. The zero-order valence-electron chi connectivity index (χ0n) is 10.8. The van der Waals surface area contributed by atoms with Crippen molar-refractivity contribution in [2.24, 2.45) is 5.73 Å². The Balaban J connectivity index is 2.08. The van der Waals surface area contributed by atoms with Gasteiger partial charge in [-0.05, 0) is 24.3 Å². The normalized spacial score (nSPS) is 10.2. The Morgan fingerprint density at radius 2 is 2.00 bits per heavy atom. The molecule has 0 spiro atoms. The molecule has 0 unspecified atom stereocenters. The Hall–Kier alpha value is -2.01. The van der Waals surface area contributed by atoms with Crippen LogP contribution in [0.4, 0.5) is 5.82 Å². The van der Waals surface area contributed by atoms with Gasteiger partial charge in [0.15, 0.2) is 0 Å². The van der Waals surface area contributed by atoms with Gasteiger partial charge in [-0.2, -0.15) is 0 Å². The van der Waals surface area contributed by atoms with Crippen LogP contribution in [-0.2, 0) is 6.42 Å². The smallest absolute Gasteiger partial charge is 0.138 e. The highest BCUT2D eigenvalue weighted by Gasteiger charge is 2.10. The van der Waals surface area contributed by atoms with Gasteiger partial charge in [-0.3, -0.25) is 4.98 Å². The second-order valence-electron chi connectivity index (χ2n) is 4.23. The highest BCUT2D eigenvalue weighted by atomic mass is 32.1. The van der Waals surface area contributed by atoms with Crippen LogP contribution in [0.5, 0.6) is 0 Å². The van der Waals surface area contributed by atoms with Crippen molar-refractivity contribution in [3.05, 3.63) is 54.0 Å². The lowest BCUT2D eigenvalue weighted by molar-refractivity contribution is 0.838. The number of nitrogens with zero attached hydrogens (tertiary/aromatic N) is 3. The molecule has 0 saturated heterocycles. The summed E-state index contributed by atoms with van der Waals surface area (Å²) in [5.74, 6) is 0.811. The Bertz CT molecular complexity index is 556. The third-order valence-electron chi connectivity index (χ3n) is 2.84. The molecule has 0 aliphatic carbocycles. The van der Waals surface area contributed by atoms with E-state index < -0.39 is 0 Å². The number of rotatable bonds is 5. The molecule has 2 heterocycles. The lowest BCUT2D eigenvalue weighted by Gasteiger charge is -2.20. The minimum atomic E-state index is 0.368. The SMILES string of the molecule is CN(CCc1ccccn1)c1ncccc1C(N)=S. The van der Waals surface area contributed by atoms with E-state index >= 15 is 0 Å². The summed E-state index contributed by atoms with van der Waals surface area (Å²) >= 11 is 5.05. The van der Waals surface area contributed by atoms with E-state index in [-0.39, 0.29) is 0 Å². The van der Waals surface area contributed by atoms with Crippen LogP contribution in [0.15, 0.2) is 42.7 Å². The number of likely N-dealkylation sites (N-methyl/N-ethyl adjacent to an activating group) is 1. The van der Waals surface area contributed by atoms with Crippen molar-refractivity contribution in [3.8, 4) is 0 Å². The first-order valence-electron chi connectivity index (χ1n) is 6.04. The molecular weight excluding hydrogens is 256 g/mol. The monoisotopic (exact) mass is 272 g/mol. The van der Waals surface area contributed by atoms with Crippen molar-refractivity contribution in [2.45, 2.75) is 6.42 Å². The van der Waals surface area contributed by atoms with Crippen LogP contribution in [0, 0.1) is 0 Å². The lowest BCUT2D eigenvalue weighted by Crippen LogP contribution is -2.25. The van der Waals surface area contributed by atoms with Crippen LogP contribution in [-0.4, -0.2) is 28.5 Å². The first-order valence-corrected chi connectivity index (χ1v) is 6.45. The number of thiocarbonyl (C=S) groups is 1. The van der Waals surface area contributed by atoms with Crippen LogP contribution in [0.25, 0.3) is 0 Å². The van der Waals surface area contributed by atoms with E-state index in [1.807, 2.05) is 42.3 Å². The molecule has 19 heavy (non-hydrogen) atoms. The molecule has 0 aliphatic heterocycles. The summed E-state index contributed by atoms with van der Waals surface area (Å²) in [5, 5.41) is 0. The summed E-state index contributed by atoms with van der Waals surface area (Å²) in [4.78, 5) is 11.1. The Morgan fingerprint density at radius 3 is 2.68 bits per heavy atom. The Morgan fingerprint density at radius 1 is 1.21 bits per heavy atom. The highest BCUT2D eigenvalue weighted by molar-refractivity contribution is 7.80. The van der Waals surface area contributed by atoms with Crippen LogP contribution in [0.3, 0.4) is 0 Å². The van der Waals surface area contributed by atoms with Crippen molar-refractivity contribution in [3.63, 3.8) is 0 Å². The van der Waals surface area contributed by atoms with E-state index in [4.69, 9.17) is 18.0 Å². The summed E-state index contributed by atoms with van der Waals surface area (Å²) in [7, 11) is 1.98. The number of anilines is 1. The van der Waals surface area contributed by atoms with Gasteiger partial charge in [-0.25, -0.2) is 4.98 Å². The number of aromatic nitrogens is 2. The zero-order chi connectivity index (χ0) is 13.7. The van der Waals surface area contributed by atoms with Gasteiger partial charge in [0.25, 0.3) is 0 Å². The maximum atomic E-state index is 5.71. The molecule has 0 atom stereocenters. The molecule has 2 aromatic heterocycles.